The summed E-state index contributed by atoms with van der Waals surface area (Å²) in [6.07, 6.45) is 0. The molecule has 152 valence electrons. The molecule has 0 unspecified atom stereocenters. The fraction of sp³-hybridized carbons (Fsp3) is 0.364. The highest BCUT2D eigenvalue weighted by Gasteiger charge is 2.55. The Hall–Kier alpha value is -2.93. The van der Waals surface area contributed by atoms with Gasteiger partial charge in [0, 0.05) is 24.2 Å². The molecule has 0 spiro atoms. The van der Waals surface area contributed by atoms with Crippen LogP contribution >= 0.6 is 0 Å². The molecular weight excluding hydrogens is 373 g/mol. The third-order valence-electron chi connectivity index (χ3n) is 5.68. The number of hydrogen-bond acceptors (Lipinski definition) is 3. The van der Waals surface area contributed by atoms with Crippen LogP contribution in [0.15, 0.2) is 48.5 Å². The number of aliphatic hydroxyl groups is 1. The Morgan fingerprint density at radius 3 is 2.55 bits per heavy atom. The van der Waals surface area contributed by atoms with Gasteiger partial charge in [0.1, 0.15) is 5.82 Å². The molecule has 0 aromatic heterocycles. The zero-order valence-corrected chi connectivity index (χ0v) is 16.4. The van der Waals surface area contributed by atoms with Crippen LogP contribution in [0.25, 0.3) is 0 Å². The third-order valence-corrected chi connectivity index (χ3v) is 5.68. The average molecular weight is 397 g/mol. The van der Waals surface area contributed by atoms with Gasteiger partial charge in [-0.3, -0.25) is 9.69 Å². The van der Waals surface area contributed by atoms with Crippen LogP contribution in [0.2, 0.25) is 0 Å². The summed E-state index contributed by atoms with van der Waals surface area (Å²) >= 11 is 0. The van der Waals surface area contributed by atoms with Crippen LogP contribution in [0, 0.1) is 5.82 Å². The highest BCUT2D eigenvalue weighted by atomic mass is 19.1. The summed E-state index contributed by atoms with van der Waals surface area (Å²) < 4.78 is 14.2. The van der Waals surface area contributed by atoms with Gasteiger partial charge < -0.3 is 15.3 Å². The van der Waals surface area contributed by atoms with E-state index < -0.39 is 17.8 Å². The molecule has 2 aliphatic heterocycles. The normalized spacial score (nSPS) is 22.6. The summed E-state index contributed by atoms with van der Waals surface area (Å²) in [5.74, 6) is -1.16. The van der Waals surface area contributed by atoms with E-state index in [1.165, 1.54) is 23.1 Å². The summed E-state index contributed by atoms with van der Waals surface area (Å²) in [6, 6.07) is 12.3. The van der Waals surface area contributed by atoms with Crippen molar-refractivity contribution in [1.82, 2.24) is 10.2 Å². The molecule has 3 atom stereocenters. The molecule has 2 aromatic rings. The molecule has 2 aromatic carbocycles. The number of fused-ring (bicyclic) bond motifs is 3. The van der Waals surface area contributed by atoms with Crippen LogP contribution in [-0.4, -0.2) is 53.2 Å². The standard InChI is InChI=1S/C22H24FN3O3/c1-13(2)24-22(29)25-11-18-20(15-8-4-6-10-17(15)25)19(12-27)26(18)21(28)14-7-3-5-9-16(14)23/h3-10,13,18-20,27H,11-12H2,1-2H3,(H,24,29)/t18-,19+,20+/m1/s1. The van der Waals surface area contributed by atoms with Gasteiger partial charge in [-0.15, -0.1) is 0 Å². The van der Waals surface area contributed by atoms with Crippen molar-refractivity contribution in [2.45, 2.75) is 37.9 Å². The number of anilines is 1. The van der Waals surface area contributed by atoms with Crippen molar-refractivity contribution in [3.05, 3.63) is 65.5 Å². The first-order valence-electron chi connectivity index (χ1n) is 9.79. The van der Waals surface area contributed by atoms with Crippen LogP contribution in [0.1, 0.15) is 35.7 Å². The molecule has 2 heterocycles. The SMILES string of the molecule is CC(C)NC(=O)N1C[C@@H]2[C@H](c3ccccc31)[C@H](CO)N2C(=O)c1ccccc1F. The maximum atomic E-state index is 14.2. The average Bonchev–Trinajstić information content (AvgIpc) is 2.68. The summed E-state index contributed by atoms with van der Waals surface area (Å²) in [5.41, 5.74) is 1.67. The van der Waals surface area contributed by atoms with E-state index in [1.54, 1.807) is 11.0 Å². The largest absolute Gasteiger partial charge is 0.394 e. The second-order valence-electron chi connectivity index (χ2n) is 7.81. The van der Waals surface area contributed by atoms with E-state index in [0.29, 0.717) is 0 Å². The number of aliphatic hydroxyl groups excluding tert-OH is 1. The summed E-state index contributed by atoms with van der Waals surface area (Å²) in [6.45, 7) is 3.83. The monoisotopic (exact) mass is 397 g/mol. The van der Waals surface area contributed by atoms with Gasteiger partial charge in [-0.1, -0.05) is 30.3 Å². The number of amides is 3. The quantitative estimate of drug-likeness (QED) is 0.837. The molecule has 0 saturated carbocycles. The zero-order valence-electron chi connectivity index (χ0n) is 16.4. The number of likely N-dealkylation sites (tertiary alicyclic amines) is 1. The number of carbonyl (C=O) groups excluding carboxylic acids is 2. The van der Waals surface area contributed by atoms with Crippen LogP contribution in [0.3, 0.4) is 0 Å². The van der Waals surface area contributed by atoms with Gasteiger partial charge in [0.15, 0.2) is 0 Å². The van der Waals surface area contributed by atoms with Crippen molar-refractivity contribution in [2.75, 3.05) is 18.1 Å². The molecule has 29 heavy (non-hydrogen) atoms. The molecular formula is C22H24FN3O3. The van der Waals surface area contributed by atoms with E-state index in [0.717, 1.165) is 11.3 Å². The lowest BCUT2D eigenvalue weighted by Gasteiger charge is -2.58. The topological polar surface area (TPSA) is 72.9 Å². The molecule has 1 saturated heterocycles. The first kappa shape index (κ1) is 19.4. The van der Waals surface area contributed by atoms with Crippen LogP contribution < -0.4 is 10.2 Å². The van der Waals surface area contributed by atoms with Crippen LogP contribution in [0.4, 0.5) is 14.9 Å². The highest BCUT2D eigenvalue weighted by molar-refractivity contribution is 5.98. The Morgan fingerprint density at radius 2 is 1.86 bits per heavy atom. The molecule has 4 rings (SSSR count). The smallest absolute Gasteiger partial charge is 0.322 e. The van der Waals surface area contributed by atoms with Crippen molar-refractivity contribution in [3.63, 3.8) is 0 Å². The van der Waals surface area contributed by atoms with Crippen LogP contribution in [0.5, 0.6) is 0 Å². The molecule has 0 radical (unpaired) electrons. The third kappa shape index (κ3) is 3.15. The van der Waals surface area contributed by atoms with Gasteiger partial charge >= 0.3 is 6.03 Å². The number of rotatable bonds is 3. The number of halogens is 1. The molecule has 0 bridgehead atoms. The number of carbonyl (C=O) groups is 2. The first-order chi connectivity index (χ1) is 13.9. The highest BCUT2D eigenvalue weighted by Crippen LogP contribution is 2.48. The predicted molar refractivity (Wildman–Crippen MR) is 107 cm³/mol. The van der Waals surface area contributed by atoms with Crippen LogP contribution in [-0.2, 0) is 0 Å². The van der Waals surface area contributed by atoms with Gasteiger partial charge in [-0.2, -0.15) is 0 Å². The zero-order chi connectivity index (χ0) is 20.7. The number of nitrogens with one attached hydrogen (secondary N) is 1. The van der Waals surface area contributed by atoms with Gasteiger partial charge in [-0.05, 0) is 37.6 Å². The fourth-order valence-corrected chi connectivity index (χ4v) is 4.46. The van der Waals surface area contributed by atoms with Crippen molar-refractivity contribution >= 4 is 17.6 Å². The van der Waals surface area contributed by atoms with E-state index in [4.69, 9.17) is 0 Å². The van der Waals surface area contributed by atoms with Crippen molar-refractivity contribution in [1.29, 1.82) is 0 Å². The van der Waals surface area contributed by atoms with Gasteiger partial charge in [0.25, 0.3) is 5.91 Å². The lowest BCUT2D eigenvalue weighted by molar-refractivity contribution is -0.0245. The second kappa shape index (κ2) is 7.48. The van der Waals surface area contributed by atoms with E-state index in [1.807, 2.05) is 38.1 Å². The Labute approximate surface area is 168 Å². The number of benzene rings is 2. The predicted octanol–water partition coefficient (Wildman–Crippen LogP) is 2.73. The fourth-order valence-electron chi connectivity index (χ4n) is 4.46. The molecule has 6 nitrogen and oxygen atoms in total. The number of para-hydroxylation sites is 1. The van der Waals surface area contributed by atoms with Crippen molar-refractivity contribution in [2.24, 2.45) is 0 Å². The molecule has 2 aliphatic rings. The summed E-state index contributed by atoms with van der Waals surface area (Å²) in [7, 11) is 0. The minimum Gasteiger partial charge on any atom is -0.394 e. The maximum Gasteiger partial charge on any atom is 0.322 e. The Morgan fingerprint density at radius 1 is 1.17 bits per heavy atom. The maximum absolute atomic E-state index is 14.2. The second-order valence-corrected chi connectivity index (χ2v) is 7.81. The van der Waals surface area contributed by atoms with E-state index in [2.05, 4.69) is 5.32 Å². The van der Waals surface area contributed by atoms with Crippen molar-refractivity contribution < 1.29 is 19.1 Å². The minimum atomic E-state index is -0.594. The molecule has 7 heteroatoms. The summed E-state index contributed by atoms with van der Waals surface area (Å²) in [4.78, 5) is 29.0. The first-order valence-corrected chi connectivity index (χ1v) is 9.79. The lowest BCUT2D eigenvalue weighted by Crippen LogP contribution is -2.71. The number of nitrogens with zero attached hydrogens (tertiary/aromatic N) is 2. The van der Waals surface area contributed by atoms with Gasteiger partial charge in [0.2, 0.25) is 0 Å². The molecule has 0 aliphatic carbocycles. The summed E-state index contributed by atoms with van der Waals surface area (Å²) in [5, 5.41) is 12.9. The molecule has 3 amide bonds. The van der Waals surface area contributed by atoms with E-state index in [9.17, 15) is 19.1 Å². The van der Waals surface area contributed by atoms with Crippen molar-refractivity contribution in [3.8, 4) is 0 Å². The Kier molecular flexibility index (Phi) is 5.00. The van der Waals surface area contributed by atoms with Gasteiger partial charge in [-0.25, -0.2) is 9.18 Å². The Bertz CT molecular complexity index is 948. The van der Waals surface area contributed by atoms with E-state index in [-0.39, 0.29) is 42.7 Å². The molecule has 2 N–H and O–H groups in total. The van der Waals surface area contributed by atoms with Gasteiger partial charge in [0.05, 0.1) is 24.3 Å². The van der Waals surface area contributed by atoms with E-state index >= 15 is 0 Å². The number of hydrogen-bond donors (Lipinski definition) is 2. The minimum absolute atomic E-state index is 0.0264. The lowest BCUT2D eigenvalue weighted by atomic mass is 9.71. The Balaban J connectivity index is 1.71. The number of urea groups is 1. The molecule has 1 fully saturated rings.